The van der Waals surface area contributed by atoms with Crippen LogP contribution in [-0.2, 0) is 11.4 Å². The van der Waals surface area contributed by atoms with E-state index in [9.17, 15) is 10.1 Å². The number of nitriles is 1. The number of carbonyl (C=O) groups is 1. The first kappa shape index (κ1) is 25.7. The molecule has 0 saturated carbocycles. The maximum atomic E-state index is 12.7. The Morgan fingerprint density at radius 1 is 1.06 bits per heavy atom. The summed E-state index contributed by atoms with van der Waals surface area (Å²) < 4.78 is 13.8. The Morgan fingerprint density at radius 3 is 2.61 bits per heavy atom. The summed E-state index contributed by atoms with van der Waals surface area (Å²) in [5, 5.41) is 14.7. The number of amides is 1. The van der Waals surface area contributed by atoms with E-state index in [1.165, 1.54) is 0 Å². The number of carbonyl (C=O) groups excluding carboxylic acids is 1. The highest BCUT2D eigenvalue weighted by molar-refractivity contribution is 14.1. The number of nitrogens with one attached hydrogen (secondary N) is 1. The molecular formula is C29H22BrIN2O3. The van der Waals surface area contributed by atoms with Crippen molar-refractivity contribution in [2.45, 2.75) is 13.5 Å². The third-order valence-corrected chi connectivity index (χ3v) is 6.64. The Hall–Kier alpha value is -3.35. The van der Waals surface area contributed by atoms with Gasteiger partial charge in [0, 0.05) is 10.2 Å². The third-order valence-electron chi connectivity index (χ3n) is 5.34. The van der Waals surface area contributed by atoms with Crippen LogP contribution in [0.15, 0.2) is 88.9 Å². The van der Waals surface area contributed by atoms with Crippen LogP contribution in [0.3, 0.4) is 0 Å². The molecule has 5 nitrogen and oxygen atoms in total. The number of ether oxygens (including phenoxy) is 2. The summed E-state index contributed by atoms with van der Waals surface area (Å²) in [4.78, 5) is 12.7. The minimum Gasteiger partial charge on any atom is -0.490 e. The molecule has 0 bridgehead atoms. The van der Waals surface area contributed by atoms with Gasteiger partial charge in [-0.25, -0.2) is 0 Å². The van der Waals surface area contributed by atoms with E-state index < -0.39 is 5.91 Å². The molecule has 180 valence electrons. The van der Waals surface area contributed by atoms with Gasteiger partial charge >= 0.3 is 0 Å². The van der Waals surface area contributed by atoms with E-state index in [0.29, 0.717) is 36.0 Å². The second-order valence-electron chi connectivity index (χ2n) is 7.82. The van der Waals surface area contributed by atoms with E-state index in [0.717, 1.165) is 24.4 Å². The molecule has 4 rings (SSSR count). The molecule has 0 atom stereocenters. The van der Waals surface area contributed by atoms with Gasteiger partial charge in [-0.2, -0.15) is 5.26 Å². The lowest BCUT2D eigenvalue weighted by molar-refractivity contribution is -0.112. The summed E-state index contributed by atoms with van der Waals surface area (Å²) >= 11 is 5.57. The minimum atomic E-state index is -0.486. The number of fused-ring (bicyclic) bond motifs is 1. The molecule has 0 aliphatic carbocycles. The van der Waals surface area contributed by atoms with Crippen molar-refractivity contribution < 1.29 is 14.3 Å². The number of nitrogens with zero attached hydrogens (tertiary/aromatic N) is 1. The summed E-state index contributed by atoms with van der Waals surface area (Å²) in [6.07, 6.45) is 1.55. The van der Waals surface area contributed by atoms with Crippen LogP contribution in [0, 0.1) is 14.9 Å². The van der Waals surface area contributed by atoms with E-state index in [4.69, 9.17) is 9.47 Å². The molecule has 4 aromatic rings. The normalized spacial score (nSPS) is 11.1. The lowest BCUT2D eigenvalue weighted by atomic mass is 10.1. The monoisotopic (exact) mass is 652 g/mol. The molecule has 1 N–H and O–H groups in total. The van der Waals surface area contributed by atoms with Crippen LogP contribution in [0.2, 0.25) is 0 Å². The Morgan fingerprint density at radius 2 is 1.83 bits per heavy atom. The predicted octanol–water partition coefficient (Wildman–Crippen LogP) is 7.73. The Balaban J connectivity index is 1.59. The number of rotatable bonds is 8. The van der Waals surface area contributed by atoms with Crippen LogP contribution < -0.4 is 14.8 Å². The molecule has 4 aromatic carbocycles. The highest BCUT2D eigenvalue weighted by Gasteiger charge is 2.15. The summed E-state index contributed by atoms with van der Waals surface area (Å²) in [6.45, 7) is 2.73. The number of anilines is 1. The molecule has 0 heterocycles. The molecule has 0 radical (unpaired) electrons. The van der Waals surface area contributed by atoms with Crippen molar-refractivity contribution in [1.82, 2.24) is 0 Å². The van der Waals surface area contributed by atoms with E-state index in [2.05, 4.69) is 68.1 Å². The fraction of sp³-hybridized carbons (Fsp3) is 0.103. The van der Waals surface area contributed by atoms with Crippen LogP contribution in [0.25, 0.3) is 16.8 Å². The Bertz CT molecular complexity index is 1490. The first-order valence-electron chi connectivity index (χ1n) is 11.2. The largest absolute Gasteiger partial charge is 0.490 e. The molecule has 0 fully saturated rings. The minimum absolute atomic E-state index is 0.0161. The molecule has 0 aromatic heterocycles. The fourth-order valence-electron chi connectivity index (χ4n) is 3.72. The molecule has 0 aliphatic heterocycles. The topological polar surface area (TPSA) is 71.3 Å². The average Bonchev–Trinajstić information content (AvgIpc) is 2.87. The second-order valence-corrected chi connectivity index (χ2v) is 9.90. The van der Waals surface area contributed by atoms with Crippen molar-refractivity contribution in [2.75, 3.05) is 11.9 Å². The quantitative estimate of drug-likeness (QED) is 0.120. The fourth-order valence-corrected chi connectivity index (χ4v) is 4.90. The number of hydrogen-bond acceptors (Lipinski definition) is 4. The van der Waals surface area contributed by atoms with Crippen LogP contribution >= 0.6 is 38.5 Å². The molecule has 1 amide bonds. The van der Waals surface area contributed by atoms with Gasteiger partial charge in [0.25, 0.3) is 5.91 Å². The highest BCUT2D eigenvalue weighted by atomic mass is 127. The van der Waals surface area contributed by atoms with Gasteiger partial charge in [-0.3, -0.25) is 4.79 Å². The Labute approximate surface area is 232 Å². The number of halogens is 2. The van der Waals surface area contributed by atoms with Crippen molar-refractivity contribution in [3.05, 3.63) is 104 Å². The molecule has 7 heteroatoms. The van der Waals surface area contributed by atoms with Crippen molar-refractivity contribution in [3.63, 3.8) is 0 Å². The maximum absolute atomic E-state index is 12.7. The van der Waals surface area contributed by atoms with E-state index in [-0.39, 0.29) is 5.57 Å². The zero-order chi connectivity index (χ0) is 25.5. The molecule has 0 saturated heterocycles. The molecule has 0 spiro atoms. The average molecular weight is 653 g/mol. The summed E-state index contributed by atoms with van der Waals surface area (Å²) in [7, 11) is 0. The lowest BCUT2D eigenvalue weighted by Gasteiger charge is -2.16. The van der Waals surface area contributed by atoms with Crippen LogP contribution in [-0.4, -0.2) is 12.5 Å². The number of benzene rings is 4. The smallest absolute Gasteiger partial charge is 0.266 e. The summed E-state index contributed by atoms with van der Waals surface area (Å²) in [5.74, 6) is 0.694. The van der Waals surface area contributed by atoms with Gasteiger partial charge in [-0.15, -0.1) is 0 Å². The highest BCUT2D eigenvalue weighted by Crippen LogP contribution is 2.36. The predicted molar refractivity (Wildman–Crippen MR) is 155 cm³/mol. The van der Waals surface area contributed by atoms with Gasteiger partial charge in [0.15, 0.2) is 11.5 Å². The van der Waals surface area contributed by atoms with Crippen molar-refractivity contribution in [1.29, 1.82) is 5.26 Å². The van der Waals surface area contributed by atoms with Gasteiger partial charge in [-0.05, 0) is 87.8 Å². The van der Waals surface area contributed by atoms with Crippen LogP contribution in [0.1, 0.15) is 18.1 Å². The van der Waals surface area contributed by atoms with E-state index in [1.54, 1.807) is 24.3 Å². The SMILES string of the molecule is CCOc1cc(/C=C(/C#N)C(=O)Nc2cccc(Br)c2)cc(I)c1OCc1cccc2ccccc12. The molecular weight excluding hydrogens is 631 g/mol. The Kier molecular flexibility index (Phi) is 8.62. The zero-order valence-electron chi connectivity index (χ0n) is 19.4. The van der Waals surface area contributed by atoms with Gasteiger partial charge in [-0.1, -0.05) is 64.5 Å². The first-order chi connectivity index (χ1) is 17.5. The van der Waals surface area contributed by atoms with Crippen LogP contribution in [0.5, 0.6) is 11.5 Å². The standard InChI is InChI=1S/C29H22BrIN2O3/c1-2-35-27-15-19(13-22(17-32)29(34)33-24-11-6-10-23(30)16-24)14-26(31)28(27)36-18-21-9-5-8-20-7-3-4-12-25(20)21/h3-16H,2,18H2,1H3,(H,33,34)/b22-13-. The van der Waals surface area contributed by atoms with Crippen molar-refractivity contribution >= 4 is 67.0 Å². The molecule has 36 heavy (non-hydrogen) atoms. The summed E-state index contributed by atoms with van der Waals surface area (Å²) in [5.41, 5.74) is 2.32. The first-order valence-corrected chi connectivity index (χ1v) is 13.1. The van der Waals surface area contributed by atoms with Gasteiger partial charge in [0.05, 0.1) is 10.2 Å². The van der Waals surface area contributed by atoms with Gasteiger partial charge in [0.2, 0.25) is 0 Å². The van der Waals surface area contributed by atoms with Crippen molar-refractivity contribution in [2.24, 2.45) is 0 Å². The maximum Gasteiger partial charge on any atom is 0.266 e. The number of hydrogen-bond donors (Lipinski definition) is 1. The van der Waals surface area contributed by atoms with E-state index in [1.807, 2.05) is 49.4 Å². The van der Waals surface area contributed by atoms with Gasteiger partial charge in [0.1, 0.15) is 18.2 Å². The lowest BCUT2D eigenvalue weighted by Crippen LogP contribution is -2.13. The van der Waals surface area contributed by atoms with Gasteiger partial charge < -0.3 is 14.8 Å². The second kappa shape index (κ2) is 12.1. The molecule has 0 aliphatic rings. The van der Waals surface area contributed by atoms with Crippen LogP contribution in [0.4, 0.5) is 5.69 Å². The summed E-state index contributed by atoms with van der Waals surface area (Å²) in [6, 6.07) is 27.2. The third kappa shape index (κ3) is 6.25. The van der Waals surface area contributed by atoms with E-state index >= 15 is 0 Å². The van der Waals surface area contributed by atoms with Crippen molar-refractivity contribution in [3.8, 4) is 17.6 Å². The zero-order valence-corrected chi connectivity index (χ0v) is 23.2. The molecule has 0 unspecified atom stereocenters.